The summed E-state index contributed by atoms with van der Waals surface area (Å²) in [5.41, 5.74) is 4.80. The van der Waals surface area contributed by atoms with Gasteiger partial charge in [-0.1, -0.05) is 6.07 Å². The summed E-state index contributed by atoms with van der Waals surface area (Å²) in [5.74, 6) is 2.50. The Morgan fingerprint density at radius 2 is 2.04 bits per heavy atom. The molecule has 0 spiro atoms. The van der Waals surface area contributed by atoms with Gasteiger partial charge < -0.3 is 9.72 Å². The first kappa shape index (κ1) is 14.6. The maximum atomic E-state index is 5.98. The van der Waals surface area contributed by atoms with Gasteiger partial charge in [-0.15, -0.1) is 0 Å². The summed E-state index contributed by atoms with van der Waals surface area (Å²) < 4.78 is 5.98. The molecule has 3 aromatic rings. The molecule has 0 unspecified atom stereocenters. The number of aromatic amines is 1. The van der Waals surface area contributed by atoms with E-state index in [4.69, 9.17) is 4.74 Å². The lowest BCUT2D eigenvalue weighted by Crippen LogP contribution is -2.06. The second kappa shape index (κ2) is 5.92. The summed E-state index contributed by atoms with van der Waals surface area (Å²) in [6.45, 7) is 4.79. The molecule has 1 aliphatic heterocycles. The van der Waals surface area contributed by atoms with E-state index in [1.54, 1.807) is 0 Å². The first-order valence-corrected chi connectivity index (χ1v) is 8.00. The van der Waals surface area contributed by atoms with Crippen LogP contribution in [-0.2, 0) is 0 Å². The van der Waals surface area contributed by atoms with Crippen molar-refractivity contribution < 1.29 is 4.74 Å². The van der Waals surface area contributed by atoms with E-state index in [0.29, 0.717) is 0 Å². The van der Waals surface area contributed by atoms with Gasteiger partial charge in [-0.2, -0.15) is 0 Å². The third-order valence-corrected chi connectivity index (χ3v) is 3.95. The van der Waals surface area contributed by atoms with Gasteiger partial charge in [0.15, 0.2) is 5.82 Å². The number of hydrogen-bond acceptors (Lipinski definition) is 4. The normalized spacial score (nSPS) is 14.4. The maximum absolute atomic E-state index is 5.98. The first-order valence-electron chi connectivity index (χ1n) is 8.00. The van der Waals surface area contributed by atoms with E-state index < -0.39 is 0 Å². The Morgan fingerprint density at radius 3 is 2.83 bits per heavy atom. The van der Waals surface area contributed by atoms with Gasteiger partial charge in [-0.3, -0.25) is 9.98 Å². The van der Waals surface area contributed by atoms with E-state index in [0.717, 1.165) is 58.3 Å². The van der Waals surface area contributed by atoms with E-state index in [-0.39, 0.29) is 0 Å². The van der Waals surface area contributed by atoms with Crippen molar-refractivity contribution in [3.63, 3.8) is 0 Å². The van der Waals surface area contributed by atoms with Crippen LogP contribution in [0.2, 0.25) is 0 Å². The van der Waals surface area contributed by atoms with Crippen LogP contribution in [-0.4, -0.2) is 27.2 Å². The largest absolute Gasteiger partial charge is 0.462 e. The number of aliphatic imine (C=N–C) groups is 1. The number of dihydropyridines is 1. The number of H-pyrrole nitrogens is 1. The van der Waals surface area contributed by atoms with Crippen molar-refractivity contribution in [2.45, 2.75) is 20.3 Å². The Hall–Kier alpha value is -2.95. The number of pyridine rings is 1. The molecule has 0 saturated carbocycles. The second-order valence-electron chi connectivity index (χ2n) is 5.97. The fourth-order valence-corrected chi connectivity index (χ4v) is 2.70. The number of benzene rings is 1. The molecule has 5 heteroatoms. The first-order chi connectivity index (χ1) is 11.7. The number of rotatable bonds is 3. The summed E-state index contributed by atoms with van der Waals surface area (Å²) in [4.78, 5) is 16.7. The predicted octanol–water partition coefficient (Wildman–Crippen LogP) is 4.06. The number of hydrogen-bond donors (Lipinski definition) is 1. The molecule has 4 rings (SSSR count). The smallest absolute Gasteiger partial charge is 0.157 e. The average molecular weight is 318 g/mol. The zero-order valence-electron chi connectivity index (χ0n) is 13.7. The Bertz CT molecular complexity index is 951. The van der Waals surface area contributed by atoms with Crippen molar-refractivity contribution in [3.05, 3.63) is 53.9 Å². The quantitative estimate of drug-likeness (QED) is 0.792. The minimum atomic E-state index is 0.766. The van der Waals surface area contributed by atoms with Gasteiger partial charge in [0.25, 0.3) is 0 Å². The number of aryl methyl sites for hydroxylation is 1. The predicted molar refractivity (Wildman–Crippen MR) is 95.4 cm³/mol. The zero-order valence-corrected chi connectivity index (χ0v) is 13.7. The molecular formula is C19H18N4O. The summed E-state index contributed by atoms with van der Waals surface area (Å²) in [7, 11) is 0. The molecule has 5 nitrogen and oxygen atoms in total. The number of allylic oxidation sites excluding steroid dienone is 1. The van der Waals surface area contributed by atoms with Crippen LogP contribution in [0, 0.1) is 6.92 Å². The summed E-state index contributed by atoms with van der Waals surface area (Å²) in [6, 6.07) is 9.89. The van der Waals surface area contributed by atoms with Crippen LogP contribution in [0.25, 0.3) is 22.6 Å². The minimum absolute atomic E-state index is 0.766. The van der Waals surface area contributed by atoms with Crippen LogP contribution in [0.5, 0.6) is 5.75 Å². The topological polar surface area (TPSA) is 63.2 Å². The van der Waals surface area contributed by atoms with Gasteiger partial charge in [0, 0.05) is 30.9 Å². The van der Waals surface area contributed by atoms with Crippen LogP contribution >= 0.6 is 0 Å². The summed E-state index contributed by atoms with van der Waals surface area (Å²) in [6.07, 6.45) is 4.66. The monoisotopic (exact) mass is 318 g/mol. The van der Waals surface area contributed by atoms with Gasteiger partial charge >= 0.3 is 0 Å². The highest BCUT2D eigenvalue weighted by atomic mass is 16.5. The Morgan fingerprint density at radius 1 is 1.12 bits per heavy atom. The van der Waals surface area contributed by atoms with Crippen molar-refractivity contribution in [1.82, 2.24) is 15.0 Å². The van der Waals surface area contributed by atoms with E-state index >= 15 is 0 Å². The van der Waals surface area contributed by atoms with Crippen LogP contribution in [0.3, 0.4) is 0 Å². The molecule has 1 aliphatic rings. The number of imidazole rings is 1. The number of fused-ring (bicyclic) bond motifs is 1. The molecule has 0 atom stereocenters. The number of aromatic nitrogens is 3. The summed E-state index contributed by atoms with van der Waals surface area (Å²) >= 11 is 0. The number of nitrogens with one attached hydrogen (secondary N) is 1. The van der Waals surface area contributed by atoms with Crippen LogP contribution in [0.4, 0.5) is 0 Å². The van der Waals surface area contributed by atoms with Gasteiger partial charge in [0.1, 0.15) is 17.2 Å². The molecule has 3 heterocycles. The van der Waals surface area contributed by atoms with Gasteiger partial charge in [-0.25, -0.2) is 4.98 Å². The van der Waals surface area contributed by atoms with E-state index in [2.05, 4.69) is 19.9 Å². The molecule has 24 heavy (non-hydrogen) atoms. The molecular weight excluding hydrogens is 300 g/mol. The minimum Gasteiger partial charge on any atom is -0.462 e. The van der Waals surface area contributed by atoms with Crippen LogP contribution in [0.15, 0.2) is 53.4 Å². The Labute approximate surface area is 140 Å². The summed E-state index contributed by atoms with van der Waals surface area (Å²) in [5, 5.41) is 0. The van der Waals surface area contributed by atoms with Gasteiger partial charge in [0.2, 0.25) is 0 Å². The lowest BCUT2D eigenvalue weighted by atomic mass is 10.2. The van der Waals surface area contributed by atoms with E-state index in [1.807, 2.05) is 56.5 Å². The number of nitrogens with zero attached hydrogens (tertiary/aromatic N) is 3. The fraction of sp³-hybridized carbons (Fsp3) is 0.211. The Kier molecular flexibility index (Phi) is 3.61. The highest BCUT2D eigenvalue weighted by Gasteiger charge is 2.10. The standard InChI is InChI=1S/C19H18N4O/c1-12-3-5-17(21-11-12)19-22-16-6-4-14(10-18(16)23-19)24-15-7-8-20-13(2)9-15/h3-6,9-11H,7-8H2,1-2H3,(H,22,23). The number of ether oxygens (including phenoxy) is 1. The van der Waals surface area contributed by atoms with Crippen molar-refractivity contribution in [1.29, 1.82) is 0 Å². The van der Waals surface area contributed by atoms with Crippen LogP contribution in [0.1, 0.15) is 18.9 Å². The molecule has 0 amide bonds. The van der Waals surface area contributed by atoms with Gasteiger partial charge in [0.05, 0.1) is 11.0 Å². The highest BCUT2D eigenvalue weighted by Crippen LogP contribution is 2.25. The average Bonchev–Trinajstić information content (AvgIpc) is 2.99. The molecule has 0 aliphatic carbocycles. The van der Waals surface area contributed by atoms with E-state index in [1.165, 1.54) is 0 Å². The second-order valence-corrected chi connectivity index (χ2v) is 5.97. The lowest BCUT2D eigenvalue weighted by molar-refractivity contribution is 0.405. The fourth-order valence-electron chi connectivity index (χ4n) is 2.70. The molecule has 1 N–H and O–H groups in total. The molecule has 2 aromatic heterocycles. The van der Waals surface area contributed by atoms with Crippen molar-refractivity contribution in [3.8, 4) is 17.3 Å². The van der Waals surface area contributed by atoms with E-state index in [9.17, 15) is 0 Å². The molecule has 0 saturated heterocycles. The van der Waals surface area contributed by atoms with Crippen molar-refractivity contribution in [2.24, 2.45) is 4.99 Å². The third kappa shape index (κ3) is 2.93. The SMILES string of the molecule is CC1=NCCC(Oc2ccc3[nH]c(-c4ccc(C)cn4)nc3c2)=C1. The maximum Gasteiger partial charge on any atom is 0.157 e. The zero-order chi connectivity index (χ0) is 16.5. The van der Waals surface area contributed by atoms with Gasteiger partial charge in [-0.05, 0) is 43.7 Å². The molecule has 0 fully saturated rings. The molecule has 0 bridgehead atoms. The highest BCUT2D eigenvalue weighted by molar-refractivity contribution is 5.93. The molecule has 120 valence electrons. The molecule has 0 radical (unpaired) electrons. The Balaban J connectivity index is 1.64. The van der Waals surface area contributed by atoms with Crippen LogP contribution < -0.4 is 4.74 Å². The van der Waals surface area contributed by atoms with Crippen molar-refractivity contribution >= 4 is 16.7 Å². The lowest BCUT2D eigenvalue weighted by Gasteiger charge is -2.12. The third-order valence-electron chi connectivity index (χ3n) is 3.95. The molecule has 1 aromatic carbocycles. The van der Waals surface area contributed by atoms with Crippen molar-refractivity contribution in [2.75, 3.05) is 6.54 Å².